The summed E-state index contributed by atoms with van der Waals surface area (Å²) in [5.74, 6) is 1.32. The highest BCUT2D eigenvalue weighted by Gasteiger charge is 2.33. The van der Waals surface area contributed by atoms with Gasteiger partial charge in [-0.05, 0) is 61.3 Å². The average Bonchev–Trinajstić information content (AvgIpc) is 2.71. The summed E-state index contributed by atoms with van der Waals surface area (Å²) < 4.78 is 11.0. The zero-order valence-corrected chi connectivity index (χ0v) is 17.5. The van der Waals surface area contributed by atoms with Gasteiger partial charge in [-0.1, -0.05) is 24.6 Å². The van der Waals surface area contributed by atoms with Crippen LogP contribution in [0, 0.1) is 0 Å². The van der Waals surface area contributed by atoms with E-state index >= 15 is 0 Å². The number of nitrogens with one attached hydrogen (secondary N) is 1. The van der Waals surface area contributed by atoms with Gasteiger partial charge in [-0.25, -0.2) is 0 Å². The van der Waals surface area contributed by atoms with Crippen LogP contribution in [0.1, 0.15) is 41.4 Å². The third-order valence-electron chi connectivity index (χ3n) is 5.35. The second-order valence-corrected chi connectivity index (χ2v) is 7.44. The van der Waals surface area contributed by atoms with Gasteiger partial charge in [0.05, 0.1) is 20.3 Å². The highest BCUT2D eigenvalue weighted by Crippen LogP contribution is 2.39. The van der Waals surface area contributed by atoms with Crippen LogP contribution in [0.3, 0.4) is 0 Å². The van der Waals surface area contributed by atoms with Crippen molar-refractivity contribution in [1.29, 1.82) is 0 Å². The van der Waals surface area contributed by atoms with Crippen LogP contribution in [-0.4, -0.2) is 44.2 Å². The highest BCUT2D eigenvalue weighted by molar-refractivity contribution is 6.30. The van der Waals surface area contributed by atoms with Gasteiger partial charge in [-0.15, -0.1) is 0 Å². The monoisotopic (exact) mass is 402 g/mol. The van der Waals surface area contributed by atoms with E-state index in [4.69, 9.17) is 21.1 Å². The Morgan fingerprint density at radius 1 is 1.25 bits per heavy atom. The van der Waals surface area contributed by atoms with E-state index in [0.717, 1.165) is 25.3 Å². The van der Waals surface area contributed by atoms with Crippen LogP contribution in [-0.2, 0) is 6.42 Å². The van der Waals surface area contributed by atoms with Crippen molar-refractivity contribution in [3.63, 3.8) is 0 Å². The maximum Gasteiger partial charge on any atom is 0.251 e. The standard InChI is InChI=1S/C22H27ClN2O3/c1-5-25-10-9-15-12-19(27-3)20(28-4)13-18(15)21(25)14(2)24-22(26)16-7-6-8-17(23)11-16/h6-8,11-14,21H,5,9-10H2,1-4H3,(H,24,26). The summed E-state index contributed by atoms with van der Waals surface area (Å²) >= 11 is 6.03. The number of hydrogen-bond donors (Lipinski definition) is 1. The Balaban J connectivity index is 1.91. The Bertz CT molecular complexity index is 856. The van der Waals surface area contributed by atoms with Gasteiger partial charge in [0.2, 0.25) is 0 Å². The van der Waals surface area contributed by atoms with Crippen molar-refractivity contribution in [2.24, 2.45) is 0 Å². The van der Waals surface area contributed by atoms with Crippen molar-refractivity contribution in [2.45, 2.75) is 32.4 Å². The Labute approximate surface area is 171 Å². The van der Waals surface area contributed by atoms with Crippen LogP contribution < -0.4 is 14.8 Å². The van der Waals surface area contributed by atoms with Gasteiger partial charge in [0.1, 0.15) is 0 Å². The van der Waals surface area contributed by atoms with Crippen LogP contribution in [0.25, 0.3) is 0 Å². The molecule has 0 radical (unpaired) electrons. The summed E-state index contributed by atoms with van der Waals surface area (Å²) in [6.07, 6.45) is 0.939. The number of rotatable bonds is 6. The number of carbonyl (C=O) groups is 1. The molecular weight excluding hydrogens is 376 g/mol. The van der Waals surface area contributed by atoms with Crippen molar-refractivity contribution in [3.8, 4) is 11.5 Å². The number of methoxy groups -OCH3 is 2. The van der Waals surface area contributed by atoms with Gasteiger partial charge in [-0.3, -0.25) is 9.69 Å². The van der Waals surface area contributed by atoms with Crippen LogP contribution in [0.5, 0.6) is 11.5 Å². The first-order valence-electron chi connectivity index (χ1n) is 9.53. The van der Waals surface area contributed by atoms with E-state index in [1.54, 1.807) is 38.5 Å². The summed E-state index contributed by atoms with van der Waals surface area (Å²) in [5.41, 5.74) is 2.96. The van der Waals surface area contributed by atoms with Crippen LogP contribution in [0.15, 0.2) is 36.4 Å². The van der Waals surface area contributed by atoms with Crippen molar-refractivity contribution < 1.29 is 14.3 Å². The lowest BCUT2D eigenvalue weighted by Gasteiger charge is -2.40. The number of nitrogens with zero attached hydrogens (tertiary/aromatic N) is 1. The lowest BCUT2D eigenvalue weighted by molar-refractivity contribution is 0.0889. The first-order chi connectivity index (χ1) is 13.5. The molecule has 0 aliphatic carbocycles. The minimum absolute atomic E-state index is 0.0525. The molecule has 0 saturated heterocycles. The summed E-state index contributed by atoms with van der Waals surface area (Å²) in [6.45, 7) is 6.02. The second kappa shape index (κ2) is 8.84. The predicted molar refractivity (Wildman–Crippen MR) is 112 cm³/mol. The first kappa shape index (κ1) is 20.5. The molecule has 2 aromatic rings. The van der Waals surface area contributed by atoms with Crippen LogP contribution in [0.2, 0.25) is 5.02 Å². The van der Waals surface area contributed by atoms with Gasteiger partial charge in [0, 0.05) is 23.2 Å². The summed E-state index contributed by atoms with van der Waals surface area (Å²) in [4.78, 5) is 15.1. The Hall–Kier alpha value is -2.24. The van der Waals surface area contributed by atoms with Crippen molar-refractivity contribution in [3.05, 3.63) is 58.1 Å². The van der Waals surface area contributed by atoms with Gasteiger partial charge in [-0.2, -0.15) is 0 Å². The fourth-order valence-electron chi connectivity index (χ4n) is 3.97. The molecule has 1 amide bonds. The molecule has 1 aliphatic rings. The molecule has 5 nitrogen and oxygen atoms in total. The molecule has 2 unspecified atom stereocenters. The normalized spacial score (nSPS) is 17.5. The second-order valence-electron chi connectivity index (χ2n) is 7.00. The number of carbonyl (C=O) groups excluding carboxylic acids is 1. The molecule has 0 bridgehead atoms. The number of benzene rings is 2. The summed E-state index contributed by atoms with van der Waals surface area (Å²) in [7, 11) is 3.29. The van der Waals surface area contributed by atoms with E-state index in [0.29, 0.717) is 16.3 Å². The van der Waals surface area contributed by atoms with Crippen LogP contribution in [0.4, 0.5) is 0 Å². The van der Waals surface area contributed by atoms with Gasteiger partial charge >= 0.3 is 0 Å². The van der Waals surface area contributed by atoms with Gasteiger partial charge in [0.15, 0.2) is 11.5 Å². The van der Waals surface area contributed by atoms with E-state index in [2.05, 4.69) is 23.2 Å². The lowest BCUT2D eigenvalue weighted by Crippen LogP contribution is -2.47. The maximum absolute atomic E-state index is 12.7. The largest absolute Gasteiger partial charge is 0.493 e. The molecule has 3 rings (SSSR count). The fraction of sp³-hybridized carbons (Fsp3) is 0.409. The summed E-state index contributed by atoms with van der Waals surface area (Å²) in [5, 5.41) is 3.70. The molecule has 2 atom stereocenters. The molecule has 2 aromatic carbocycles. The molecule has 1 N–H and O–H groups in total. The number of amides is 1. The molecule has 150 valence electrons. The Morgan fingerprint density at radius 3 is 2.61 bits per heavy atom. The number of likely N-dealkylation sites (N-methyl/N-ethyl adjacent to an activating group) is 1. The molecular formula is C22H27ClN2O3. The minimum Gasteiger partial charge on any atom is -0.493 e. The third kappa shape index (κ3) is 4.10. The van der Waals surface area contributed by atoms with E-state index in [9.17, 15) is 4.79 Å². The molecule has 28 heavy (non-hydrogen) atoms. The van der Waals surface area contributed by atoms with Gasteiger partial charge in [0.25, 0.3) is 5.91 Å². The van der Waals surface area contributed by atoms with E-state index in [1.165, 1.54) is 11.1 Å². The number of ether oxygens (including phenoxy) is 2. The average molecular weight is 403 g/mol. The SMILES string of the molecule is CCN1CCc2cc(OC)c(OC)cc2C1C(C)NC(=O)c1cccc(Cl)c1. The molecule has 0 spiro atoms. The van der Waals surface area contributed by atoms with E-state index in [-0.39, 0.29) is 18.0 Å². The number of fused-ring (bicyclic) bond motifs is 1. The molecule has 0 fully saturated rings. The Morgan fingerprint density at radius 2 is 1.96 bits per heavy atom. The predicted octanol–water partition coefficient (Wildman–Crippen LogP) is 4.09. The smallest absolute Gasteiger partial charge is 0.251 e. The third-order valence-corrected chi connectivity index (χ3v) is 5.59. The molecule has 1 heterocycles. The van der Waals surface area contributed by atoms with Gasteiger partial charge < -0.3 is 14.8 Å². The fourth-order valence-corrected chi connectivity index (χ4v) is 4.16. The van der Waals surface area contributed by atoms with Crippen molar-refractivity contribution in [2.75, 3.05) is 27.3 Å². The highest BCUT2D eigenvalue weighted by atomic mass is 35.5. The van der Waals surface area contributed by atoms with Crippen molar-refractivity contribution in [1.82, 2.24) is 10.2 Å². The molecule has 6 heteroatoms. The van der Waals surface area contributed by atoms with E-state index < -0.39 is 0 Å². The summed E-state index contributed by atoms with van der Waals surface area (Å²) in [6, 6.07) is 11.1. The number of hydrogen-bond acceptors (Lipinski definition) is 4. The molecule has 0 saturated carbocycles. The molecule has 1 aliphatic heterocycles. The lowest BCUT2D eigenvalue weighted by atomic mass is 9.88. The quantitative estimate of drug-likeness (QED) is 0.790. The number of halogens is 1. The Kier molecular flexibility index (Phi) is 6.47. The van der Waals surface area contributed by atoms with Crippen molar-refractivity contribution >= 4 is 17.5 Å². The topological polar surface area (TPSA) is 50.8 Å². The zero-order valence-electron chi connectivity index (χ0n) is 16.8. The first-order valence-corrected chi connectivity index (χ1v) is 9.91. The van der Waals surface area contributed by atoms with E-state index in [1.807, 2.05) is 13.0 Å². The minimum atomic E-state index is -0.126. The molecule has 0 aromatic heterocycles. The zero-order chi connectivity index (χ0) is 20.3. The van der Waals surface area contributed by atoms with Crippen LogP contribution >= 0.6 is 11.6 Å². The maximum atomic E-state index is 12.7.